The first-order chi connectivity index (χ1) is 11.1. The molecule has 3 rings (SSSR count). The van der Waals surface area contributed by atoms with Crippen molar-refractivity contribution in [1.29, 1.82) is 0 Å². The SMILES string of the molecule is CC(=O)N(c1ccc([N+](=O)[O-])cc1)c1cc2cccccc-2c1. The average molecular weight is 306 g/mol. The maximum atomic E-state index is 12.1. The summed E-state index contributed by atoms with van der Waals surface area (Å²) < 4.78 is 0. The van der Waals surface area contributed by atoms with Crippen molar-refractivity contribution < 1.29 is 9.72 Å². The summed E-state index contributed by atoms with van der Waals surface area (Å²) in [5.74, 6) is -0.154. The fourth-order valence-corrected chi connectivity index (χ4v) is 2.56. The molecule has 0 aliphatic heterocycles. The molecule has 0 radical (unpaired) electrons. The number of benzene rings is 1. The molecule has 1 amide bonds. The minimum Gasteiger partial charge on any atom is -0.281 e. The molecule has 1 aromatic carbocycles. The average Bonchev–Trinajstić information content (AvgIpc) is 2.77. The van der Waals surface area contributed by atoms with Gasteiger partial charge < -0.3 is 0 Å². The maximum absolute atomic E-state index is 12.1. The molecule has 0 aromatic heterocycles. The molecule has 0 bridgehead atoms. The van der Waals surface area contributed by atoms with E-state index in [1.54, 1.807) is 17.0 Å². The predicted octanol–water partition coefficient (Wildman–Crippen LogP) is 4.38. The summed E-state index contributed by atoms with van der Waals surface area (Å²) in [6.45, 7) is 1.47. The van der Waals surface area contributed by atoms with Gasteiger partial charge in [0.05, 0.1) is 10.6 Å². The molecule has 0 saturated carbocycles. The first-order valence-electron chi connectivity index (χ1n) is 7.10. The smallest absolute Gasteiger partial charge is 0.269 e. The normalized spacial score (nSPS) is 10.5. The van der Waals surface area contributed by atoms with Crippen molar-refractivity contribution in [2.45, 2.75) is 6.92 Å². The second kappa shape index (κ2) is 5.88. The number of amides is 1. The number of fused-ring (bicyclic) bond motifs is 1. The Bertz CT molecular complexity index is 812. The van der Waals surface area contributed by atoms with Crippen LogP contribution < -0.4 is 4.90 Å². The minimum atomic E-state index is -0.460. The lowest BCUT2D eigenvalue weighted by Gasteiger charge is -2.19. The van der Waals surface area contributed by atoms with E-state index < -0.39 is 4.92 Å². The third-order valence-electron chi connectivity index (χ3n) is 3.61. The van der Waals surface area contributed by atoms with Crippen molar-refractivity contribution in [3.63, 3.8) is 0 Å². The molecule has 0 N–H and O–H groups in total. The Morgan fingerprint density at radius 1 is 0.913 bits per heavy atom. The number of carbonyl (C=O) groups excluding carboxylic acids is 1. The molecule has 2 aliphatic rings. The molecule has 2 aliphatic carbocycles. The van der Waals surface area contributed by atoms with Gasteiger partial charge in [0.1, 0.15) is 0 Å². The summed E-state index contributed by atoms with van der Waals surface area (Å²) in [7, 11) is 0. The Balaban J connectivity index is 2.06. The van der Waals surface area contributed by atoms with Crippen LogP contribution in [-0.4, -0.2) is 10.8 Å². The Labute approximate surface area is 133 Å². The Hall–Kier alpha value is -3.21. The van der Waals surface area contributed by atoms with Gasteiger partial charge in [-0.1, -0.05) is 30.3 Å². The van der Waals surface area contributed by atoms with Crippen LogP contribution in [0.2, 0.25) is 0 Å². The zero-order chi connectivity index (χ0) is 16.4. The van der Waals surface area contributed by atoms with Gasteiger partial charge in [-0.05, 0) is 35.4 Å². The van der Waals surface area contributed by atoms with Crippen LogP contribution in [0.1, 0.15) is 6.92 Å². The standard InChI is InChI=1S/C18H14N2O3/c1-13(21)19(16-7-9-17(10-8-16)20(22)23)18-11-14-5-3-2-4-6-15(14)12-18/h2-12H,1H3. The summed E-state index contributed by atoms with van der Waals surface area (Å²) in [4.78, 5) is 23.9. The number of hydrogen-bond acceptors (Lipinski definition) is 3. The number of nitro benzene ring substituents is 1. The molecular formula is C18H14N2O3. The number of non-ortho nitro benzene ring substituents is 1. The topological polar surface area (TPSA) is 63.5 Å². The largest absolute Gasteiger partial charge is 0.281 e. The van der Waals surface area contributed by atoms with E-state index in [1.807, 2.05) is 42.5 Å². The van der Waals surface area contributed by atoms with Crippen LogP contribution in [0.15, 0.2) is 66.7 Å². The van der Waals surface area contributed by atoms with Crippen molar-refractivity contribution >= 4 is 23.0 Å². The number of nitrogens with zero attached hydrogens (tertiary/aromatic N) is 2. The highest BCUT2D eigenvalue weighted by Crippen LogP contribution is 2.35. The number of rotatable bonds is 3. The first-order valence-corrected chi connectivity index (χ1v) is 7.10. The maximum Gasteiger partial charge on any atom is 0.269 e. The molecule has 1 aromatic rings. The monoisotopic (exact) mass is 306 g/mol. The lowest BCUT2D eigenvalue weighted by molar-refractivity contribution is -0.384. The summed E-state index contributed by atoms with van der Waals surface area (Å²) in [5.41, 5.74) is 3.39. The third-order valence-corrected chi connectivity index (χ3v) is 3.61. The van der Waals surface area contributed by atoms with E-state index in [-0.39, 0.29) is 11.6 Å². The fraction of sp³-hybridized carbons (Fsp3) is 0.0556. The van der Waals surface area contributed by atoms with E-state index in [9.17, 15) is 14.9 Å². The second-order valence-electron chi connectivity index (χ2n) is 5.16. The quantitative estimate of drug-likeness (QED) is 0.532. The van der Waals surface area contributed by atoms with Gasteiger partial charge >= 0.3 is 0 Å². The highest BCUT2D eigenvalue weighted by molar-refractivity contribution is 6.01. The summed E-state index contributed by atoms with van der Waals surface area (Å²) in [6, 6.07) is 19.6. The van der Waals surface area contributed by atoms with Gasteiger partial charge in [-0.3, -0.25) is 19.8 Å². The van der Waals surface area contributed by atoms with Crippen LogP contribution >= 0.6 is 0 Å². The molecule has 5 heteroatoms. The van der Waals surface area contributed by atoms with Crippen molar-refractivity contribution in [1.82, 2.24) is 0 Å². The molecular weight excluding hydrogens is 292 g/mol. The van der Waals surface area contributed by atoms with Gasteiger partial charge in [0.2, 0.25) is 5.91 Å². The predicted molar refractivity (Wildman–Crippen MR) is 89.0 cm³/mol. The summed E-state index contributed by atoms with van der Waals surface area (Å²) >= 11 is 0. The van der Waals surface area contributed by atoms with Gasteiger partial charge in [-0.15, -0.1) is 0 Å². The van der Waals surface area contributed by atoms with E-state index in [0.29, 0.717) is 5.69 Å². The Morgan fingerprint density at radius 2 is 1.48 bits per heavy atom. The molecule has 114 valence electrons. The molecule has 0 atom stereocenters. The molecule has 0 unspecified atom stereocenters. The molecule has 0 heterocycles. The number of nitro groups is 1. The van der Waals surface area contributed by atoms with E-state index >= 15 is 0 Å². The van der Waals surface area contributed by atoms with Crippen molar-refractivity contribution in [3.8, 4) is 11.1 Å². The van der Waals surface area contributed by atoms with Crippen LogP contribution in [0.25, 0.3) is 11.1 Å². The molecule has 23 heavy (non-hydrogen) atoms. The van der Waals surface area contributed by atoms with Crippen LogP contribution in [0.5, 0.6) is 0 Å². The van der Waals surface area contributed by atoms with Gasteiger partial charge in [-0.25, -0.2) is 0 Å². The van der Waals surface area contributed by atoms with Crippen molar-refractivity contribution in [2.75, 3.05) is 4.90 Å². The zero-order valence-corrected chi connectivity index (χ0v) is 12.5. The van der Waals surface area contributed by atoms with E-state index in [0.717, 1.165) is 16.8 Å². The number of carbonyl (C=O) groups is 1. The molecule has 5 nitrogen and oxygen atoms in total. The highest BCUT2D eigenvalue weighted by atomic mass is 16.6. The lowest BCUT2D eigenvalue weighted by Crippen LogP contribution is -2.22. The zero-order valence-electron chi connectivity index (χ0n) is 12.5. The van der Waals surface area contributed by atoms with Gasteiger partial charge in [-0.2, -0.15) is 0 Å². The van der Waals surface area contributed by atoms with Crippen LogP contribution in [0, 0.1) is 10.1 Å². The van der Waals surface area contributed by atoms with Gasteiger partial charge in [0, 0.05) is 24.7 Å². The number of anilines is 2. The van der Waals surface area contributed by atoms with Crippen LogP contribution in [0.4, 0.5) is 17.1 Å². The van der Waals surface area contributed by atoms with E-state index in [2.05, 4.69) is 0 Å². The highest BCUT2D eigenvalue weighted by Gasteiger charge is 2.18. The minimum absolute atomic E-state index is 0.00283. The van der Waals surface area contributed by atoms with Crippen LogP contribution in [-0.2, 0) is 4.79 Å². The Morgan fingerprint density at radius 3 is 1.96 bits per heavy atom. The molecule has 0 saturated heterocycles. The fourth-order valence-electron chi connectivity index (χ4n) is 2.56. The first kappa shape index (κ1) is 14.7. The summed E-state index contributed by atoms with van der Waals surface area (Å²) in [6.07, 6.45) is 0. The van der Waals surface area contributed by atoms with Crippen molar-refractivity contribution in [2.24, 2.45) is 0 Å². The third kappa shape index (κ3) is 2.89. The van der Waals surface area contributed by atoms with E-state index in [1.165, 1.54) is 19.1 Å². The molecule has 0 spiro atoms. The Kier molecular flexibility index (Phi) is 3.76. The number of hydrogen-bond donors (Lipinski definition) is 0. The van der Waals surface area contributed by atoms with Gasteiger partial charge in [0.25, 0.3) is 5.69 Å². The molecule has 0 fully saturated rings. The van der Waals surface area contributed by atoms with Gasteiger partial charge in [0.15, 0.2) is 0 Å². The van der Waals surface area contributed by atoms with Crippen molar-refractivity contribution in [3.05, 3.63) is 76.8 Å². The van der Waals surface area contributed by atoms with Crippen LogP contribution in [0.3, 0.4) is 0 Å². The van der Waals surface area contributed by atoms with E-state index in [4.69, 9.17) is 0 Å². The summed E-state index contributed by atoms with van der Waals surface area (Å²) in [5, 5.41) is 10.8. The lowest BCUT2D eigenvalue weighted by atomic mass is 10.2. The second-order valence-corrected chi connectivity index (χ2v) is 5.16.